The molecule has 0 radical (unpaired) electrons. The quantitative estimate of drug-likeness (QED) is 0.705. The van der Waals surface area contributed by atoms with Crippen LogP contribution in [0.25, 0.3) is 0 Å². The van der Waals surface area contributed by atoms with Crippen molar-refractivity contribution in [3.63, 3.8) is 0 Å². The molecule has 4 heteroatoms. The molecule has 88 valence electrons. The van der Waals surface area contributed by atoms with E-state index in [2.05, 4.69) is 0 Å². The predicted octanol–water partition coefficient (Wildman–Crippen LogP) is 3.87. The highest BCUT2D eigenvalue weighted by molar-refractivity contribution is 5.80. The van der Waals surface area contributed by atoms with Crippen molar-refractivity contribution in [2.24, 2.45) is 5.92 Å². The van der Waals surface area contributed by atoms with Gasteiger partial charge in [0.05, 0.1) is 0 Å². The molecule has 0 amide bonds. The Morgan fingerprint density at radius 3 is 2.27 bits per heavy atom. The molecule has 0 bridgehead atoms. The van der Waals surface area contributed by atoms with Crippen molar-refractivity contribution < 1.29 is 18.0 Å². The molecule has 1 rings (SSSR count). The summed E-state index contributed by atoms with van der Waals surface area (Å²) in [5, 5.41) is 0. The Bertz CT molecular complexity index is 204. The monoisotopic (exact) mass is 222 g/mol. The number of halogens is 3. The fraction of sp³-hybridized carbons (Fsp3) is 0.909. The number of carbonyl (C=O) groups is 1. The van der Waals surface area contributed by atoms with Crippen molar-refractivity contribution in [3.8, 4) is 0 Å². The topological polar surface area (TPSA) is 17.1 Å². The Balaban J connectivity index is 2.17. The van der Waals surface area contributed by atoms with Crippen molar-refractivity contribution in [1.82, 2.24) is 0 Å². The number of ketones is 1. The second-order valence-corrected chi connectivity index (χ2v) is 4.27. The first-order valence-electron chi connectivity index (χ1n) is 5.58. The van der Waals surface area contributed by atoms with Crippen molar-refractivity contribution >= 4 is 5.78 Å². The Labute approximate surface area is 88.0 Å². The van der Waals surface area contributed by atoms with E-state index in [1.54, 1.807) is 0 Å². The summed E-state index contributed by atoms with van der Waals surface area (Å²) in [5.41, 5.74) is 0. The minimum absolute atomic E-state index is 0.0407. The highest BCUT2D eigenvalue weighted by atomic mass is 19.4. The van der Waals surface area contributed by atoms with Crippen LogP contribution in [0.15, 0.2) is 0 Å². The van der Waals surface area contributed by atoms with Crippen molar-refractivity contribution in [1.29, 1.82) is 0 Å². The van der Waals surface area contributed by atoms with E-state index < -0.39 is 12.6 Å². The highest BCUT2D eigenvalue weighted by Crippen LogP contribution is 2.27. The first kappa shape index (κ1) is 12.5. The van der Waals surface area contributed by atoms with Crippen molar-refractivity contribution in [3.05, 3.63) is 0 Å². The van der Waals surface area contributed by atoms with Crippen LogP contribution in [0.3, 0.4) is 0 Å². The van der Waals surface area contributed by atoms with Gasteiger partial charge in [0.1, 0.15) is 5.78 Å². The smallest absolute Gasteiger partial charge is 0.299 e. The van der Waals surface area contributed by atoms with Gasteiger partial charge >= 0.3 is 6.18 Å². The van der Waals surface area contributed by atoms with Crippen LogP contribution in [0, 0.1) is 5.92 Å². The number of hydrogen-bond acceptors (Lipinski definition) is 1. The lowest BCUT2D eigenvalue weighted by atomic mass is 9.85. The van der Waals surface area contributed by atoms with Crippen molar-refractivity contribution in [2.75, 3.05) is 0 Å². The third kappa shape index (κ3) is 5.19. The zero-order valence-corrected chi connectivity index (χ0v) is 8.78. The standard InChI is InChI=1S/C11H17F3O/c12-11(13,14)8-4-7-10(15)9-5-2-1-3-6-9/h9H,1-8H2. The molecule has 0 saturated heterocycles. The molecule has 1 fully saturated rings. The van der Waals surface area contributed by atoms with Crippen LogP contribution in [0.5, 0.6) is 0 Å². The summed E-state index contributed by atoms with van der Waals surface area (Å²) in [4.78, 5) is 11.5. The molecule has 1 aliphatic rings. The van der Waals surface area contributed by atoms with Crippen LogP contribution in [0.1, 0.15) is 51.4 Å². The lowest BCUT2D eigenvalue weighted by molar-refractivity contribution is -0.137. The second kappa shape index (κ2) is 5.52. The number of hydrogen-bond donors (Lipinski definition) is 0. The summed E-state index contributed by atoms with van der Waals surface area (Å²) >= 11 is 0. The van der Waals surface area contributed by atoms with E-state index >= 15 is 0 Å². The number of rotatable bonds is 4. The molecular weight excluding hydrogens is 205 g/mol. The van der Waals surface area contributed by atoms with Gasteiger partial charge in [-0.3, -0.25) is 4.79 Å². The van der Waals surface area contributed by atoms with Crippen LogP contribution in [-0.4, -0.2) is 12.0 Å². The summed E-state index contributed by atoms with van der Waals surface area (Å²) in [5.74, 6) is 0.0888. The minimum atomic E-state index is -4.12. The maximum absolute atomic E-state index is 11.8. The van der Waals surface area contributed by atoms with E-state index in [0.29, 0.717) is 0 Å². The van der Waals surface area contributed by atoms with Gasteiger partial charge in [-0.15, -0.1) is 0 Å². The molecule has 0 N–H and O–H groups in total. The summed E-state index contributed by atoms with van der Waals surface area (Å²) < 4.78 is 35.5. The van der Waals surface area contributed by atoms with Crippen LogP contribution < -0.4 is 0 Å². The summed E-state index contributed by atoms with van der Waals surface area (Å²) in [7, 11) is 0. The molecule has 1 saturated carbocycles. The highest BCUT2D eigenvalue weighted by Gasteiger charge is 2.27. The van der Waals surface area contributed by atoms with Gasteiger partial charge in [-0.05, 0) is 19.3 Å². The zero-order valence-electron chi connectivity index (χ0n) is 8.78. The first-order valence-corrected chi connectivity index (χ1v) is 5.58. The van der Waals surface area contributed by atoms with Gasteiger partial charge < -0.3 is 0 Å². The van der Waals surface area contributed by atoms with Gasteiger partial charge in [-0.1, -0.05) is 19.3 Å². The summed E-state index contributed by atoms with van der Waals surface area (Å²) in [6.45, 7) is 0. The fourth-order valence-electron chi connectivity index (χ4n) is 2.09. The Hall–Kier alpha value is -0.540. The third-order valence-electron chi connectivity index (χ3n) is 2.94. The average Bonchev–Trinajstić information content (AvgIpc) is 2.17. The van der Waals surface area contributed by atoms with Gasteiger partial charge in [0, 0.05) is 18.8 Å². The molecular formula is C11H17F3O. The zero-order chi connectivity index (χ0) is 11.3. The Kier molecular flexibility index (Phi) is 4.61. The largest absolute Gasteiger partial charge is 0.389 e. The van der Waals surface area contributed by atoms with Crippen LogP contribution in [0.4, 0.5) is 13.2 Å². The SMILES string of the molecule is O=C(CCCC(F)(F)F)C1CCCCC1. The van der Waals surface area contributed by atoms with Crippen LogP contribution >= 0.6 is 0 Å². The Morgan fingerprint density at radius 2 is 1.73 bits per heavy atom. The molecule has 0 atom stereocenters. The van der Waals surface area contributed by atoms with Gasteiger partial charge in [0.25, 0.3) is 0 Å². The molecule has 1 aliphatic carbocycles. The lowest BCUT2D eigenvalue weighted by Gasteiger charge is -2.20. The summed E-state index contributed by atoms with van der Waals surface area (Å²) in [6, 6.07) is 0. The first-order chi connectivity index (χ1) is 6.99. The number of alkyl halides is 3. The molecule has 1 nitrogen and oxygen atoms in total. The van der Waals surface area contributed by atoms with E-state index in [-0.39, 0.29) is 24.5 Å². The van der Waals surface area contributed by atoms with Crippen LogP contribution in [0.2, 0.25) is 0 Å². The van der Waals surface area contributed by atoms with E-state index in [1.807, 2.05) is 0 Å². The molecule has 0 heterocycles. The van der Waals surface area contributed by atoms with Gasteiger partial charge in [0.15, 0.2) is 0 Å². The van der Waals surface area contributed by atoms with Gasteiger partial charge in [-0.25, -0.2) is 0 Å². The number of carbonyl (C=O) groups excluding carboxylic acids is 1. The minimum Gasteiger partial charge on any atom is -0.299 e. The lowest BCUT2D eigenvalue weighted by Crippen LogP contribution is -2.18. The normalized spacial score (nSPS) is 19.1. The summed E-state index contributed by atoms with van der Waals surface area (Å²) in [6.07, 6.45) is 0.134. The van der Waals surface area contributed by atoms with E-state index in [4.69, 9.17) is 0 Å². The van der Waals surface area contributed by atoms with Crippen LogP contribution in [-0.2, 0) is 4.79 Å². The predicted molar refractivity (Wildman–Crippen MR) is 51.5 cm³/mol. The van der Waals surface area contributed by atoms with Crippen molar-refractivity contribution in [2.45, 2.75) is 57.5 Å². The van der Waals surface area contributed by atoms with Gasteiger partial charge in [-0.2, -0.15) is 13.2 Å². The maximum Gasteiger partial charge on any atom is 0.389 e. The molecule has 0 aliphatic heterocycles. The molecule has 0 unspecified atom stereocenters. The molecule has 0 aromatic rings. The number of Topliss-reactive ketones (excluding diaryl/α,β-unsaturated/α-hetero) is 1. The fourth-order valence-corrected chi connectivity index (χ4v) is 2.09. The molecule has 0 spiro atoms. The third-order valence-corrected chi connectivity index (χ3v) is 2.94. The maximum atomic E-state index is 11.8. The Morgan fingerprint density at radius 1 is 1.13 bits per heavy atom. The average molecular weight is 222 g/mol. The molecule has 0 aromatic carbocycles. The van der Waals surface area contributed by atoms with Gasteiger partial charge in [0.2, 0.25) is 0 Å². The second-order valence-electron chi connectivity index (χ2n) is 4.27. The molecule has 15 heavy (non-hydrogen) atoms. The molecule has 0 aromatic heterocycles. The van der Waals surface area contributed by atoms with E-state index in [0.717, 1.165) is 32.1 Å². The van der Waals surface area contributed by atoms with E-state index in [1.165, 1.54) is 0 Å². The van der Waals surface area contributed by atoms with E-state index in [9.17, 15) is 18.0 Å².